The standard InChI is InChI=1S/C31H30BrN3O5S/c1-2-40-26-16-14-25(15-17-26)35(41(38,39)27-18-12-24(32)13-19-27)22-30(36)34-29-11-7-6-10-28(29)31(37)33-21-20-23-8-4-3-5-9-23/h3-19H,2,20-22H2,1H3,(H,33,37)(H,34,36). The van der Waals surface area contributed by atoms with Crippen LogP contribution in [0.2, 0.25) is 0 Å². The first-order chi connectivity index (χ1) is 19.8. The van der Waals surface area contributed by atoms with Crippen LogP contribution in [0, 0.1) is 0 Å². The molecule has 212 valence electrons. The minimum Gasteiger partial charge on any atom is -0.494 e. The Hall–Kier alpha value is -4.15. The molecule has 0 saturated heterocycles. The summed E-state index contributed by atoms with van der Waals surface area (Å²) < 4.78 is 34.6. The second-order valence-electron chi connectivity index (χ2n) is 8.98. The van der Waals surface area contributed by atoms with E-state index in [4.69, 9.17) is 4.74 Å². The van der Waals surface area contributed by atoms with E-state index < -0.39 is 22.5 Å². The van der Waals surface area contributed by atoms with Gasteiger partial charge in [-0.25, -0.2) is 8.42 Å². The van der Waals surface area contributed by atoms with E-state index in [1.807, 2.05) is 37.3 Å². The number of nitrogens with zero attached hydrogens (tertiary/aromatic N) is 1. The van der Waals surface area contributed by atoms with Crippen molar-refractivity contribution < 1.29 is 22.7 Å². The topological polar surface area (TPSA) is 105 Å². The van der Waals surface area contributed by atoms with Crippen molar-refractivity contribution in [1.82, 2.24) is 5.32 Å². The third kappa shape index (κ3) is 7.96. The number of hydrogen-bond acceptors (Lipinski definition) is 5. The summed E-state index contributed by atoms with van der Waals surface area (Å²) in [5.41, 5.74) is 1.94. The van der Waals surface area contributed by atoms with E-state index in [0.717, 1.165) is 14.3 Å². The Kier molecular flexibility index (Phi) is 10.2. The van der Waals surface area contributed by atoms with Crippen LogP contribution in [-0.2, 0) is 21.2 Å². The first-order valence-corrected chi connectivity index (χ1v) is 15.2. The highest BCUT2D eigenvalue weighted by molar-refractivity contribution is 9.10. The predicted molar refractivity (Wildman–Crippen MR) is 164 cm³/mol. The summed E-state index contributed by atoms with van der Waals surface area (Å²) in [6, 6.07) is 29.0. The number of benzene rings is 4. The van der Waals surface area contributed by atoms with Gasteiger partial charge in [-0.2, -0.15) is 0 Å². The average Bonchev–Trinajstić information content (AvgIpc) is 2.97. The van der Waals surface area contributed by atoms with Gasteiger partial charge in [0.25, 0.3) is 15.9 Å². The molecule has 0 aliphatic rings. The fraction of sp³-hybridized carbons (Fsp3) is 0.161. The van der Waals surface area contributed by atoms with Gasteiger partial charge in [-0.05, 0) is 79.6 Å². The zero-order valence-electron chi connectivity index (χ0n) is 22.4. The van der Waals surface area contributed by atoms with E-state index in [1.54, 1.807) is 60.7 Å². The minimum absolute atomic E-state index is 0.0283. The van der Waals surface area contributed by atoms with Crippen LogP contribution in [0.25, 0.3) is 0 Å². The number of sulfonamides is 1. The first-order valence-electron chi connectivity index (χ1n) is 13.0. The van der Waals surface area contributed by atoms with Crippen molar-refractivity contribution in [1.29, 1.82) is 0 Å². The van der Waals surface area contributed by atoms with Crippen LogP contribution in [0.3, 0.4) is 0 Å². The molecule has 4 rings (SSSR count). The average molecular weight is 637 g/mol. The molecule has 41 heavy (non-hydrogen) atoms. The molecule has 10 heteroatoms. The summed E-state index contributed by atoms with van der Waals surface area (Å²) in [6.07, 6.45) is 0.659. The second-order valence-corrected chi connectivity index (χ2v) is 11.8. The number of nitrogens with one attached hydrogen (secondary N) is 2. The monoisotopic (exact) mass is 635 g/mol. The van der Waals surface area contributed by atoms with Crippen LogP contribution in [0.5, 0.6) is 5.75 Å². The molecular weight excluding hydrogens is 606 g/mol. The van der Waals surface area contributed by atoms with E-state index in [2.05, 4.69) is 26.6 Å². The molecule has 0 fully saturated rings. The van der Waals surface area contributed by atoms with Crippen molar-refractivity contribution in [2.75, 3.05) is 29.3 Å². The summed E-state index contributed by atoms with van der Waals surface area (Å²) in [7, 11) is -4.12. The molecule has 2 N–H and O–H groups in total. The van der Waals surface area contributed by atoms with Crippen molar-refractivity contribution in [2.45, 2.75) is 18.2 Å². The number of amides is 2. The maximum Gasteiger partial charge on any atom is 0.264 e. The SMILES string of the molecule is CCOc1ccc(N(CC(=O)Nc2ccccc2C(=O)NCCc2ccccc2)S(=O)(=O)c2ccc(Br)cc2)cc1. The molecule has 0 aliphatic carbocycles. The number of hydrogen-bond donors (Lipinski definition) is 2. The molecule has 4 aromatic carbocycles. The summed E-state index contributed by atoms with van der Waals surface area (Å²) in [5, 5.41) is 5.61. The Labute approximate surface area is 248 Å². The number of anilines is 2. The number of ether oxygens (including phenoxy) is 1. The largest absolute Gasteiger partial charge is 0.494 e. The minimum atomic E-state index is -4.12. The number of rotatable bonds is 12. The van der Waals surface area contributed by atoms with Crippen LogP contribution in [0.15, 0.2) is 112 Å². The van der Waals surface area contributed by atoms with E-state index >= 15 is 0 Å². The normalized spacial score (nSPS) is 11.0. The molecule has 0 radical (unpaired) electrons. The van der Waals surface area contributed by atoms with Crippen molar-refractivity contribution in [2.24, 2.45) is 0 Å². The predicted octanol–water partition coefficient (Wildman–Crippen LogP) is 5.65. The maximum atomic E-state index is 13.7. The van der Waals surface area contributed by atoms with E-state index in [-0.39, 0.29) is 22.1 Å². The van der Waals surface area contributed by atoms with Gasteiger partial charge in [-0.3, -0.25) is 13.9 Å². The lowest BCUT2D eigenvalue weighted by molar-refractivity contribution is -0.114. The number of para-hydroxylation sites is 1. The number of carbonyl (C=O) groups excluding carboxylic acids is 2. The van der Waals surface area contributed by atoms with Gasteiger partial charge >= 0.3 is 0 Å². The quantitative estimate of drug-likeness (QED) is 0.209. The highest BCUT2D eigenvalue weighted by Gasteiger charge is 2.28. The van der Waals surface area contributed by atoms with Crippen LogP contribution >= 0.6 is 15.9 Å². The van der Waals surface area contributed by atoms with Crippen molar-refractivity contribution in [3.8, 4) is 5.75 Å². The molecular formula is C31H30BrN3O5S. The van der Waals surface area contributed by atoms with Gasteiger partial charge in [0.1, 0.15) is 12.3 Å². The lowest BCUT2D eigenvalue weighted by Gasteiger charge is -2.24. The molecule has 4 aromatic rings. The number of carbonyl (C=O) groups is 2. The van der Waals surface area contributed by atoms with Crippen LogP contribution in [0.4, 0.5) is 11.4 Å². The summed E-state index contributed by atoms with van der Waals surface area (Å²) in [4.78, 5) is 26.3. The van der Waals surface area contributed by atoms with Gasteiger partial charge < -0.3 is 15.4 Å². The summed E-state index contributed by atoms with van der Waals surface area (Å²) in [6.45, 7) is 2.21. The third-order valence-electron chi connectivity index (χ3n) is 6.11. The van der Waals surface area contributed by atoms with E-state index in [9.17, 15) is 18.0 Å². The smallest absolute Gasteiger partial charge is 0.264 e. The van der Waals surface area contributed by atoms with Gasteiger partial charge in [0.15, 0.2) is 0 Å². The molecule has 0 spiro atoms. The lowest BCUT2D eigenvalue weighted by atomic mass is 10.1. The number of halogens is 1. The Bertz CT molecular complexity index is 1580. The highest BCUT2D eigenvalue weighted by atomic mass is 79.9. The maximum absolute atomic E-state index is 13.7. The Balaban J connectivity index is 1.53. The van der Waals surface area contributed by atoms with Crippen molar-refractivity contribution >= 4 is 49.1 Å². The third-order valence-corrected chi connectivity index (χ3v) is 8.43. The van der Waals surface area contributed by atoms with Crippen LogP contribution in [-0.4, -0.2) is 39.9 Å². The zero-order valence-corrected chi connectivity index (χ0v) is 24.8. The summed E-state index contributed by atoms with van der Waals surface area (Å²) in [5.74, 6) is -0.374. The highest BCUT2D eigenvalue weighted by Crippen LogP contribution is 2.27. The molecule has 2 amide bonds. The molecule has 0 unspecified atom stereocenters. The molecule has 8 nitrogen and oxygen atoms in total. The molecule has 0 aromatic heterocycles. The Morgan fingerprint density at radius 2 is 1.51 bits per heavy atom. The van der Waals surface area contributed by atoms with Gasteiger partial charge in [-0.1, -0.05) is 58.4 Å². The second kappa shape index (κ2) is 14.0. The Morgan fingerprint density at radius 1 is 0.854 bits per heavy atom. The van der Waals surface area contributed by atoms with E-state index in [0.29, 0.717) is 31.0 Å². The Morgan fingerprint density at radius 3 is 2.20 bits per heavy atom. The fourth-order valence-electron chi connectivity index (χ4n) is 4.09. The zero-order chi connectivity index (χ0) is 29.2. The molecule has 0 saturated carbocycles. The van der Waals surface area contributed by atoms with Crippen molar-refractivity contribution in [3.05, 3.63) is 119 Å². The first kappa shape index (κ1) is 29.8. The summed E-state index contributed by atoms with van der Waals surface area (Å²) >= 11 is 3.32. The molecule has 0 bridgehead atoms. The van der Waals surface area contributed by atoms with Gasteiger partial charge in [0.2, 0.25) is 5.91 Å². The molecule has 0 aliphatic heterocycles. The van der Waals surface area contributed by atoms with E-state index in [1.165, 1.54) is 12.1 Å². The van der Waals surface area contributed by atoms with Crippen LogP contribution in [0.1, 0.15) is 22.8 Å². The molecule has 0 heterocycles. The lowest BCUT2D eigenvalue weighted by Crippen LogP contribution is -2.38. The van der Waals surface area contributed by atoms with Gasteiger partial charge in [0, 0.05) is 11.0 Å². The van der Waals surface area contributed by atoms with Crippen molar-refractivity contribution in [3.63, 3.8) is 0 Å². The fourth-order valence-corrected chi connectivity index (χ4v) is 5.78. The van der Waals surface area contributed by atoms with Gasteiger partial charge in [0.05, 0.1) is 28.4 Å². The van der Waals surface area contributed by atoms with Crippen LogP contribution < -0.4 is 19.7 Å². The van der Waals surface area contributed by atoms with Gasteiger partial charge in [-0.15, -0.1) is 0 Å². The molecule has 0 atom stereocenters.